The number of terminal acetylenes is 1. The van der Waals surface area contributed by atoms with Gasteiger partial charge >= 0.3 is 0 Å². The van der Waals surface area contributed by atoms with Crippen molar-refractivity contribution in [1.82, 2.24) is 5.32 Å². The molecule has 0 aliphatic rings. The Morgan fingerprint density at radius 2 is 2.50 bits per heavy atom. The molecule has 0 aliphatic heterocycles. The maximum Gasteiger partial charge on any atom is 0.0684 e. The van der Waals surface area contributed by atoms with Gasteiger partial charge in [-0.25, -0.2) is 0 Å². The van der Waals surface area contributed by atoms with E-state index in [1.54, 1.807) is 0 Å². The summed E-state index contributed by atoms with van der Waals surface area (Å²) >= 11 is 0. The van der Waals surface area contributed by atoms with Gasteiger partial charge in [-0.05, 0) is 13.5 Å². The van der Waals surface area contributed by atoms with E-state index in [-0.39, 0.29) is 6.04 Å². The monoisotopic (exact) mass is 110 g/mol. The first-order valence-electron chi connectivity index (χ1n) is 2.77. The van der Waals surface area contributed by atoms with Crippen LogP contribution in [0.5, 0.6) is 0 Å². The molecule has 1 nitrogen and oxygen atoms in total. The van der Waals surface area contributed by atoms with Gasteiger partial charge < -0.3 is 5.32 Å². The minimum absolute atomic E-state index is 0.215. The van der Waals surface area contributed by atoms with Gasteiger partial charge in [0.25, 0.3) is 0 Å². The average Bonchev–Trinajstić information content (AvgIpc) is 1.83. The summed E-state index contributed by atoms with van der Waals surface area (Å²) in [5.41, 5.74) is 0. The van der Waals surface area contributed by atoms with Gasteiger partial charge in [-0.3, -0.25) is 0 Å². The molecular weight excluding hydrogens is 98.1 g/mol. The molecule has 0 saturated heterocycles. The second-order valence-corrected chi connectivity index (χ2v) is 1.65. The van der Waals surface area contributed by atoms with Crippen molar-refractivity contribution >= 4 is 0 Å². The topological polar surface area (TPSA) is 12.0 Å². The molecular formula is C7H12N. The Labute approximate surface area is 51.5 Å². The zero-order chi connectivity index (χ0) is 6.41. The van der Waals surface area contributed by atoms with E-state index in [2.05, 4.69) is 18.2 Å². The van der Waals surface area contributed by atoms with E-state index < -0.39 is 0 Å². The average molecular weight is 110 g/mol. The summed E-state index contributed by atoms with van der Waals surface area (Å²) in [5.74, 6) is 2.60. The van der Waals surface area contributed by atoms with Crippen molar-refractivity contribution < 1.29 is 0 Å². The molecule has 0 spiro atoms. The summed E-state index contributed by atoms with van der Waals surface area (Å²) in [6.45, 7) is 3.69. The molecule has 1 unspecified atom stereocenters. The Morgan fingerprint density at radius 1 is 1.88 bits per heavy atom. The summed E-state index contributed by atoms with van der Waals surface area (Å²) in [4.78, 5) is 0. The third kappa shape index (κ3) is 2.65. The molecule has 0 saturated carbocycles. The fraction of sp³-hybridized carbons (Fsp3) is 0.571. The summed E-state index contributed by atoms with van der Waals surface area (Å²) in [6.07, 6.45) is 6.99. The van der Waals surface area contributed by atoms with E-state index in [0.29, 0.717) is 0 Å². The summed E-state index contributed by atoms with van der Waals surface area (Å²) < 4.78 is 0. The Bertz CT molecular complexity index is 80.9. The molecule has 0 rings (SSSR count). The highest BCUT2D eigenvalue weighted by atomic mass is 14.8. The van der Waals surface area contributed by atoms with Gasteiger partial charge in [-0.15, -0.1) is 6.42 Å². The molecule has 0 amide bonds. The molecule has 1 atom stereocenters. The van der Waals surface area contributed by atoms with Crippen LogP contribution < -0.4 is 5.32 Å². The van der Waals surface area contributed by atoms with Gasteiger partial charge in [-0.2, -0.15) is 0 Å². The highest BCUT2D eigenvalue weighted by molar-refractivity contribution is 4.97. The molecule has 0 aromatic carbocycles. The van der Waals surface area contributed by atoms with E-state index in [0.717, 1.165) is 12.8 Å². The lowest BCUT2D eigenvalue weighted by atomic mass is 10.2. The maximum atomic E-state index is 5.13. The highest BCUT2D eigenvalue weighted by Gasteiger charge is 1.95. The van der Waals surface area contributed by atoms with Crippen LogP contribution >= 0.6 is 0 Å². The fourth-order valence-corrected chi connectivity index (χ4v) is 0.515. The van der Waals surface area contributed by atoms with Crippen molar-refractivity contribution in [1.29, 1.82) is 0 Å². The highest BCUT2D eigenvalue weighted by Crippen LogP contribution is 1.91. The van der Waals surface area contributed by atoms with Gasteiger partial charge in [-0.1, -0.05) is 19.3 Å². The van der Waals surface area contributed by atoms with Crippen molar-refractivity contribution in [3.05, 3.63) is 6.92 Å². The van der Waals surface area contributed by atoms with Crippen molar-refractivity contribution in [2.45, 2.75) is 18.9 Å². The summed E-state index contributed by atoms with van der Waals surface area (Å²) in [6, 6.07) is 0.215. The first-order valence-corrected chi connectivity index (χ1v) is 2.77. The lowest BCUT2D eigenvalue weighted by Gasteiger charge is -2.04. The first kappa shape index (κ1) is 7.52. The van der Waals surface area contributed by atoms with Gasteiger partial charge in [0.1, 0.15) is 0 Å². The Kier molecular flexibility index (Phi) is 4.39. The van der Waals surface area contributed by atoms with Crippen molar-refractivity contribution in [3.8, 4) is 12.3 Å². The lowest BCUT2D eigenvalue weighted by Crippen LogP contribution is -2.22. The Morgan fingerprint density at radius 3 is 2.62 bits per heavy atom. The Hall–Kier alpha value is -0.480. The van der Waals surface area contributed by atoms with Crippen LogP contribution in [0.4, 0.5) is 0 Å². The normalized spacial score (nSPS) is 12.6. The van der Waals surface area contributed by atoms with Crippen molar-refractivity contribution in [2.24, 2.45) is 0 Å². The minimum atomic E-state index is 0.215. The number of rotatable bonds is 3. The maximum absolute atomic E-state index is 5.13. The second kappa shape index (κ2) is 4.67. The molecule has 1 heteroatoms. The van der Waals surface area contributed by atoms with E-state index >= 15 is 0 Å². The van der Waals surface area contributed by atoms with Crippen molar-refractivity contribution in [3.63, 3.8) is 0 Å². The largest absolute Gasteiger partial charge is 0.307 e. The molecule has 45 valence electrons. The van der Waals surface area contributed by atoms with Crippen LogP contribution in [-0.2, 0) is 0 Å². The zero-order valence-corrected chi connectivity index (χ0v) is 5.28. The van der Waals surface area contributed by atoms with E-state index in [1.165, 1.54) is 0 Å². The fourth-order valence-electron chi connectivity index (χ4n) is 0.515. The van der Waals surface area contributed by atoms with Crippen LogP contribution in [0.15, 0.2) is 0 Å². The molecule has 1 radical (unpaired) electrons. The van der Waals surface area contributed by atoms with Gasteiger partial charge in [0.2, 0.25) is 0 Å². The SMILES string of the molecule is C#CC(CC[CH2])NC. The van der Waals surface area contributed by atoms with Gasteiger partial charge in [0, 0.05) is 0 Å². The predicted molar refractivity (Wildman–Crippen MR) is 36.3 cm³/mol. The third-order valence-corrected chi connectivity index (χ3v) is 1.04. The van der Waals surface area contributed by atoms with E-state index in [4.69, 9.17) is 6.42 Å². The number of hydrogen-bond acceptors (Lipinski definition) is 1. The molecule has 8 heavy (non-hydrogen) atoms. The van der Waals surface area contributed by atoms with Crippen LogP contribution in [0.2, 0.25) is 0 Å². The third-order valence-electron chi connectivity index (χ3n) is 1.04. The van der Waals surface area contributed by atoms with Crippen LogP contribution in [0.3, 0.4) is 0 Å². The summed E-state index contributed by atoms with van der Waals surface area (Å²) in [7, 11) is 1.86. The quantitative estimate of drug-likeness (QED) is 0.530. The Balaban J connectivity index is 3.26. The number of hydrogen-bond donors (Lipinski definition) is 1. The molecule has 0 aromatic rings. The van der Waals surface area contributed by atoms with Crippen LogP contribution in [0.25, 0.3) is 0 Å². The molecule has 0 bridgehead atoms. The van der Waals surface area contributed by atoms with Gasteiger partial charge in [0.05, 0.1) is 6.04 Å². The predicted octanol–water partition coefficient (Wildman–Crippen LogP) is 0.822. The molecule has 0 aromatic heterocycles. The lowest BCUT2D eigenvalue weighted by molar-refractivity contribution is 0.637. The van der Waals surface area contributed by atoms with Crippen molar-refractivity contribution in [2.75, 3.05) is 7.05 Å². The zero-order valence-electron chi connectivity index (χ0n) is 5.28. The van der Waals surface area contributed by atoms with Crippen LogP contribution in [0, 0.1) is 19.3 Å². The van der Waals surface area contributed by atoms with Gasteiger partial charge in [0.15, 0.2) is 0 Å². The number of nitrogens with one attached hydrogen (secondary N) is 1. The minimum Gasteiger partial charge on any atom is -0.307 e. The van der Waals surface area contributed by atoms with Crippen LogP contribution in [0.1, 0.15) is 12.8 Å². The smallest absolute Gasteiger partial charge is 0.0684 e. The first-order chi connectivity index (χ1) is 3.85. The molecule has 0 aliphatic carbocycles. The second-order valence-electron chi connectivity index (χ2n) is 1.65. The van der Waals surface area contributed by atoms with Crippen LogP contribution in [-0.4, -0.2) is 13.1 Å². The van der Waals surface area contributed by atoms with E-state index in [1.807, 2.05) is 7.05 Å². The summed E-state index contributed by atoms with van der Waals surface area (Å²) in [5, 5.41) is 2.98. The standard InChI is InChI=1S/C7H12N/c1-4-6-7(5-2)8-3/h2,7-8H,1,4,6H2,3H3. The van der Waals surface area contributed by atoms with E-state index in [9.17, 15) is 0 Å². The molecule has 0 heterocycles. The molecule has 1 N–H and O–H groups in total. The molecule has 0 fully saturated rings.